The second-order valence-electron chi connectivity index (χ2n) is 3.47. The molecule has 0 spiro atoms. The third-order valence-corrected chi connectivity index (χ3v) is 3.81. The molecular formula is C12H11BrN2O3S. The zero-order chi connectivity index (χ0) is 13.7. The number of halogens is 1. The number of thioether (sulfide) groups is 1. The summed E-state index contributed by atoms with van der Waals surface area (Å²) in [5.74, 6) is -0.0366. The van der Waals surface area contributed by atoms with E-state index in [4.69, 9.17) is 9.15 Å². The van der Waals surface area contributed by atoms with Crippen molar-refractivity contribution in [3.8, 4) is 0 Å². The van der Waals surface area contributed by atoms with E-state index in [1.807, 2.05) is 24.3 Å². The lowest BCUT2D eigenvalue weighted by molar-refractivity contribution is 0.0475. The molecule has 0 aliphatic heterocycles. The minimum atomic E-state index is -0.595. The molecule has 0 saturated carbocycles. The Kier molecular flexibility index (Phi) is 4.98. The number of hydrogen-bond acceptors (Lipinski definition) is 6. The standard InChI is InChI=1S/C12H11BrN2O3S/c1-2-17-11(16)10-14-15-12(18-10)19-7-8-5-3-4-6-9(8)13/h3-6H,2,7H2,1H3. The largest absolute Gasteiger partial charge is 0.459 e. The molecule has 2 rings (SSSR count). The van der Waals surface area contributed by atoms with Gasteiger partial charge in [0.1, 0.15) is 0 Å². The van der Waals surface area contributed by atoms with E-state index in [1.165, 1.54) is 11.8 Å². The van der Waals surface area contributed by atoms with Crippen LogP contribution in [0.15, 0.2) is 38.4 Å². The fourth-order valence-electron chi connectivity index (χ4n) is 1.30. The van der Waals surface area contributed by atoms with Crippen LogP contribution in [-0.4, -0.2) is 22.8 Å². The van der Waals surface area contributed by atoms with Crippen LogP contribution < -0.4 is 0 Å². The first-order valence-corrected chi connectivity index (χ1v) is 7.35. The summed E-state index contributed by atoms with van der Waals surface area (Å²) in [4.78, 5) is 11.4. The molecular weight excluding hydrogens is 332 g/mol. The summed E-state index contributed by atoms with van der Waals surface area (Å²) in [5, 5.41) is 7.79. The van der Waals surface area contributed by atoms with Crippen molar-refractivity contribution in [3.05, 3.63) is 40.2 Å². The van der Waals surface area contributed by atoms with Crippen molar-refractivity contribution >= 4 is 33.7 Å². The van der Waals surface area contributed by atoms with Gasteiger partial charge in [-0.25, -0.2) is 4.79 Å². The zero-order valence-corrected chi connectivity index (χ0v) is 12.5. The number of hydrogen-bond donors (Lipinski definition) is 0. The summed E-state index contributed by atoms with van der Waals surface area (Å²) in [6, 6.07) is 7.87. The molecule has 0 atom stereocenters. The molecule has 5 nitrogen and oxygen atoms in total. The molecule has 0 saturated heterocycles. The van der Waals surface area contributed by atoms with Gasteiger partial charge in [0.15, 0.2) is 0 Å². The summed E-state index contributed by atoms with van der Waals surface area (Å²) in [7, 11) is 0. The lowest BCUT2D eigenvalue weighted by Gasteiger charge is -2.00. The van der Waals surface area contributed by atoms with E-state index < -0.39 is 5.97 Å². The first-order valence-electron chi connectivity index (χ1n) is 5.57. The zero-order valence-electron chi connectivity index (χ0n) is 10.1. The molecule has 0 radical (unpaired) electrons. The molecule has 0 fully saturated rings. The van der Waals surface area contributed by atoms with Crippen molar-refractivity contribution in [2.75, 3.05) is 6.61 Å². The topological polar surface area (TPSA) is 65.2 Å². The Balaban J connectivity index is 1.97. The maximum atomic E-state index is 11.4. The van der Waals surface area contributed by atoms with Gasteiger partial charge in [-0.3, -0.25) is 0 Å². The van der Waals surface area contributed by atoms with Crippen LogP contribution in [0.25, 0.3) is 0 Å². The van der Waals surface area contributed by atoms with Gasteiger partial charge in [0.05, 0.1) is 6.61 Å². The van der Waals surface area contributed by atoms with Gasteiger partial charge < -0.3 is 9.15 Å². The van der Waals surface area contributed by atoms with Crippen LogP contribution in [0.1, 0.15) is 23.2 Å². The van der Waals surface area contributed by atoms with Crippen LogP contribution in [0.2, 0.25) is 0 Å². The number of aromatic nitrogens is 2. The highest BCUT2D eigenvalue weighted by Gasteiger charge is 2.16. The van der Waals surface area contributed by atoms with Crippen molar-refractivity contribution < 1.29 is 13.9 Å². The van der Waals surface area contributed by atoms with Crippen molar-refractivity contribution in [3.63, 3.8) is 0 Å². The van der Waals surface area contributed by atoms with E-state index in [2.05, 4.69) is 26.1 Å². The molecule has 0 N–H and O–H groups in total. The summed E-state index contributed by atoms with van der Waals surface area (Å²) in [6.45, 7) is 2.00. The SMILES string of the molecule is CCOC(=O)c1nnc(SCc2ccccc2Br)o1. The van der Waals surface area contributed by atoms with Crippen LogP contribution in [-0.2, 0) is 10.5 Å². The molecule has 2 aromatic rings. The second-order valence-corrected chi connectivity index (χ2v) is 5.25. The number of carbonyl (C=O) groups is 1. The predicted octanol–water partition coefficient (Wildman–Crippen LogP) is 3.30. The van der Waals surface area contributed by atoms with Crippen molar-refractivity contribution in [1.29, 1.82) is 0 Å². The van der Waals surface area contributed by atoms with Gasteiger partial charge >= 0.3 is 11.9 Å². The highest BCUT2D eigenvalue weighted by molar-refractivity contribution is 9.10. The predicted molar refractivity (Wildman–Crippen MR) is 74.0 cm³/mol. The van der Waals surface area contributed by atoms with Gasteiger partial charge in [0.25, 0.3) is 5.22 Å². The lowest BCUT2D eigenvalue weighted by atomic mass is 10.2. The van der Waals surface area contributed by atoms with E-state index in [0.717, 1.165) is 10.0 Å². The molecule has 7 heteroatoms. The molecule has 0 unspecified atom stereocenters. The first-order chi connectivity index (χ1) is 9.20. The molecule has 0 aliphatic rings. The summed E-state index contributed by atoms with van der Waals surface area (Å²) < 4.78 is 11.0. The van der Waals surface area contributed by atoms with Crippen LogP contribution in [0.3, 0.4) is 0 Å². The van der Waals surface area contributed by atoms with E-state index in [-0.39, 0.29) is 12.5 Å². The first kappa shape index (κ1) is 14.1. The number of nitrogens with zero attached hydrogens (tertiary/aromatic N) is 2. The maximum Gasteiger partial charge on any atom is 0.396 e. The average Bonchev–Trinajstić information content (AvgIpc) is 2.87. The molecule has 0 bridgehead atoms. The highest BCUT2D eigenvalue weighted by Crippen LogP contribution is 2.25. The third-order valence-electron chi connectivity index (χ3n) is 2.17. The summed E-state index contributed by atoms with van der Waals surface area (Å²) in [5.41, 5.74) is 1.11. The van der Waals surface area contributed by atoms with Crippen molar-refractivity contribution in [2.45, 2.75) is 17.9 Å². The Labute approximate surface area is 122 Å². The van der Waals surface area contributed by atoms with E-state index in [0.29, 0.717) is 11.0 Å². The molecule has 0 amide bonds. The number of carbonyl (C=O) groups excluding carboxylic acids is 1. The Morgan fingerprint density at radius 3 is 2.95 bits per heavy atom. The Hall–Kier alpha value is -1.34. The minimum absolute atomic E-state index is 0.114. The van der Waals surface area contributed by atoms with Gasteiger partial charge in [-0.15, -0.1) is 5.10 Å². The van der Waals surface area contributed by atoms with Gasteiger partial charge in [-0.2, -0.15) is 0 Å². The smallest absolute Gasteiger partial charge is 0.396 e. The van der Waals surface area contributed by atoms with Gasteiger partial charge in [0, 0.05) is 10.2 Å². The fourth-order valence-corrected chi connectivity index (χ4v) is 2.68. The second kappa shape index (κ2) is 6.72. The molecule has 100 valence electrons. The third kappa shape index (κ3) is 3.81. The molecule has 1 aromatic heterocycles. The number of benzene rings is 1. The van der Waals surface area contributed by atoms with Crippen LogP contribution >= 0.6 is 27.7 Å². The Morgan fingerprint density at radius 2 is 2.21 bits per heavy atom. The van der Waals surface area contributed by atoms with Gasteiger partial charge in [-0.05, 0) is 18.6 Å². The quantitative estimate of drug-likeness (QED) is 0.613. The summed E-state index contributed by atoms with van der Waals surface area (Å²) >= 11 is 4.83. The highest BCUT2D eigenvalue weighted by atomic mass is 79.9. The number of esters is 1. The molecule has 19 heavy (non-hydrogen) atoms. The molecule has 0 aliphatic carbocycles. The van der Waals surface area contributed by atoms with Crippen LogP contribution in [0.4, 0.5) is 0 Å². The monoisotopic (exact) mass is 342 g/mol. The van der Waals surface area contributed by atoms with E-state index in [9.17, 15) is 4.79 Å². The van der Waals surface area contributed by atoms with Crippen molar-refractivity contribution in [2.24, 2.45) is 0 Å². The minimum Gasteiger partial charge on any atom is -0.459 e. The maximum absolute atomic E-state index is 11.4. The average molecular weight is 343 g/mol. The Bertz CT molecular complexity index is 574. The van der Waals surface area contributed by atoms with E-state index in [1.54, 1.807) is 6.92 Å². The molecule has 1 heterocycles. The van der Waals surface area contributed by atoms with Crippen LogP contribution in [0, 0.1) is 0 Å². The van der Waals surface area contributed by atoms with E-state index >= 15 is 0 Å². The lowest BCUT2D eigenvalue weighted by Crippen LogP contribution is -2.04. The van der Waals surface area contributed by atoms with Gasteiger partial charge in [0.2, 0.25) is 0 Å². The molecule has 1 aromatic carbocycles. The van der Waals surface area contributed by atoms with Gasteiger partial charge in [-0.1, -0.05) is 51.0 Å². The summed E-state index contributed by atoms with van der Waals surface area (Å²) in [6.07, 6.45) is 0. The fraction of sp³-hybridized carbons (Fsp3) is 0.250. The number of ether oxygens (including phenoxy) is 1. The Morgan fingerprint density at radius 1 is 1.42 bits per heavy atom. The van der Waals surface area contributed by atoms with Crippen molar-refractivity contribution in [1.82, 2.24) is 10.2 Å². The number of rotatable bonds is 5. The van der Waals surface area contributed by atoms with Crippen LogP contribution in [0.5, 0.6) is 0 Å². The normalized spacial score (nSPS) is 10.4.